The lowest BCUT2D eigenvalue weighted by Gasteiger charge is -2.35. The number of carbonyl (C=O) groups is 1. The van der Waals surface area contributed by atoms with Crippen LogP contribution in [0.1, 0.15) is 13.8 Å². The number of amides is 1. The van der Waals surface area contributed by atoms with Crippen LogP contribution in [0.2, 0.25) is 0 Å². The Balaban J connectivity index is 1.41. The number of piperazine rings is 1. The number of hydrogen-bond donors (Lipinski definition) is 1. The normalized spacial score (nSPS) is 23.6. The van der Waals surface area contributed by atoms with E-state index in [2.05, 4.69) is 28.1 Å². The third kappa shape index (κ3) is 6.01. The number of hydrogen-bond acceptors (Lipinski definition) is 5. The molecule has 1 aliphatic carbocycles. The van der Waals surface area contributed by atoms with Crippen molar-refractivity contribution in [1.82, 2.24) is 15.1 Å². The van der Waals surface area contributed by atoms with Gasteiger partial charge in [0.2, 0.25) is 5.91 Å². The molecule has 0 aromatic heterocycles. The summed E-state index contributed by atoms with van der Waals surface area (Å²) in [5.41, 5.74) is 1.18. The third-order valence-electron chi connectivity index (χ3n) is 5.72. The van der Waals surface area contributed by atoms with E-state index in [9.17, 15) is 13.2 Å². The SMILES string of the molecule is CC1=CC=CC(C)C1NC(=O)CN1CCN(CCS(=O)(=O)c2ccccc2)CC1. The summed E-state index contributed by atoms with van der Waals surface area (Å²) in [4.78, 5) is 17.2. The van der Waals surface area contributed by atoms with Gasteiger partial charge in [0, 0.05) is 32.7 Å². The van der Waals surface area contributed by atoms with Gasteiger partial charge in [0.1, 0.15) is 0 Å². The van der Waals surface area contributed by atoms with Crippen molar-refractivity contribution in [2.75, 3.05) is 45.0 Å². The predicted molar refractivity (Wildman–Crippen MR) is 115 cm³/mol. The molecular weight excluding hydrogens is 386 g/mol. The first-order valence-electron chi connectivity index (χ1n) is 10.2. The monoisotopic (exact) mass is 417 g/mol. The Kier molecular flexibility index (Phi) is 7.27. The maximum atomic E-state index is 12.5. The van der Waals surface area contributed by atoms with Crippen molar-refractivity contribution in [2.24, 2.45) is 5.92 Å². The van der Waals surface area contributed by atoms with Gasteiger partial charge in [0.15, 0.2) is 9.84 Å². The summed E-state index contributed by atoms with van der Waals surface area (Å²) in [6.45, 7) is 8.16. The van der Waals surface area contributed by atoms with Crippen molar-refractivity contribution in [3.63, 3.8) is 0 Å². The lowest BCUT2D eigenvalue weighted by Crippen LogP contribution is -2.51. The quantitative estimate of drug-likeness (QED) is 0.732. The maximum Gasteiger partial charge on any atom is 0.234 e. The highest BCUT2D eigenvalue weighted by Gasteiger charge is 2.24. The molecule has 2 aliphatic rings. The van der Waals surface area contributed by atoms with Gasteiger partial charge in [-0.1, -0.05) is 48.9 Å². The number of nitrogens with zero attached hydrogens (tertiary/aromatic N) is 2. The van der Waals surface area contributed by atoms with Gasteiger partial charge in [-0.2, -0.15) is 0 Å². The Morgan fingerprint density at radius 1 is 1.10 bits per heavy atom. The molecule has 1 heterocycles. The van der Waals surface area contributed by atoms with Crippen molar-refractivity contribution in [3.8, 4) is 0 Å². The zero-order valence-corrected chi connectivity index (χ0v) is 18.1. The summed E-state index contributed by atoms with van der Waals surface area (Å²) in [5, 5.41) is 3.15. The lowest BCUT2D eigenvalue weighted by molar-refractivity contribution is -0.123. The number of allylic oxidation sites excluding steroid dienone is 2. The van der Waals surface area contributed by atoms with E-state index in [4.69, 9.17) is 0 Å². The smallest absolute Gasteiger partial charge is 0.234 e. The third-order valence-corrected chi connectivity index (χ3v) is 7.43. The van der Waals surface area contributed by atoms with Gasteiger partial charge in [-0.3, -0.25) is 14.6 Å². The van der Waals surface area contributed by atoms with Gasteiger partial charge in [0.25, 0.3) is 0 Å². The van der Waals surface area contributed by atoms with Crippen LogP contribution in [0.25, 0.3) is 0 Å². The molecule has 158 valence electrons. The molecule has 3 rings (SSSR count). The number of rotatable bonds is 7. The maximum absolute atomic E-state index is 12.5. The molecule has 2 atom stereocenters. The molecule has 1 saturated heterocycles. The molecule has 1 aliphatic heterocycles. The standard InChI is InChI=1S/C22H31N3O3S/c1-18-7-6-8-19(2)22(18)23-21(26)17-25-13-11-24(12-14-25)15-16-29(27,28)20-9-4-3-5-10-20/h3-10,18,22H,11-17H2,1-2H3,(H,23,26). The molecule has 6 nitrogen and oxygen atoms in total. The van der Waals surface area contributed by atoms with E-state index < -0.39 is 9.84 Å². The first kappa shape index (κ1) is 21.7. The Morgan fingerprint density at radius 3 is 2.41 bits per heavy atom. The largest absolute Gasteiger partial charge is 0.348 e. The van der Waals surface area contributed by atoms with Crippen molar-refractivity contribution in [1.29, 1.82) is 0 Å². The molecule has 0 radical (unpaired) electrons. The van der Waals surface area contributed by atoms with E-state index in [1.165, 1.54) is 5.57 Å². The zero-order valence-electron chi connectivity index (χ0n) is 17.3. The number of sulfone groups is 1. The van der Waals surface area contributed by atoms with E-state index in [1.807, 2.05) is 25.1 Å². The number of nitrogens with one attached hydrogen (secondary N) is 1. The first-order chi connectivity index (χ1) is 13.8. The van der Waals surface area contributed by atoms with E-state index in [-0.39, 0.29) is 17.7 Å². The summed E-state index contributed by atoms with van der Waals surface area (Å²) in [5.74, 6) is 0.466. The average Bonchev–Trinajstić information content (AvgIpc) is 2.71. The highest BCUT2D eigenvalue weighted by Crippen LogP contribution is 2.18. The first-order valence-corrected chi connectivity index (χ1v) is 11.9. The Bertz CT molecular complexity index is 857. The summed E-state index contributed by atoms with van der Waals surface area (Å²) >= 11 is 0. The predicted octanol–water partition coefficient (Wildman–Crippen LogP) is 1.71. The summed E-state index contributed by atoms with van der Waals surface area (Å²) in [7, 11) is -3.25. The summed E-state index contributed by atoms with van der Waals surface area (Å²) in [6.07, 6.45) is 6.20. The Hall–Kier alpha value is -1.96. The van der Waals surface area contributed by atoms with E-state index >= 15 is 0 Å². The van der Waals surface area contributed by atoms with Gasteiger partial charge in [-0.25, -0.2) is 8.42 Å². The Labute approximate surface area is 174 Å². The van der Waals surface area contributed by atoms with E-state index in [1.54, 1.807) is 24.3 Å². The fraction of sp³-hybridized carbons (Fsp3) is 0.500. The number of carbonyl (C=O) groups excluding carboxylic acids is 1. The second-order valence-electron chi connectivity index (χ2n) is 7.95. The van der Waals surface area contributed by atoms with Gasteiger partial charge in [-0.05, 0) is 25.0 Å². The topological polar surface area (TPSA) is 69.7 Å². The molecule has 1 amide bonds. The van der Waals surface area contributed by atoms with Crippen LogP contribution in [0.5, 0.6) is 0 Å². The van der Waals surface area contributed by atoms with Gasteiger partial charge in [0.05, 0.1) is 23.2 Å². The van der Waals surface area contributed by atoms with Gasteiger partial charge < -0.3 is 5.32 Å². The molecule has 1 aromatic carbocycles. The fourth-order valence-electron chi connectivity index (χ4n) is 3.85. The molecule has 2 unspecified atom stereocenters. The van der Waals surface area contributed by atoms with Gasteiger partial charge in [-0.15, -0.1) is 0 Å². The molecule has 0 bridgehead atoms. The zero-order chi connectivity index (χ0) is 20.9. The number of benzene rings is 1. The van der Waals surface area contributed by atoms with Gasteiger partial charge >= 0.3 is 0 Å². The fourth-order valence-corrected chi connectivity index (χ4v) is 5.15. The highest BCUT2D eigenvalue weighted by molar-refractivity contribution is 7.91. The molecule has 1 N–H and O–H groups in total. The highest BCUT2D eigenvalue weighted by atomic mass is 32.2. The minimum Gasteiger partial charge on any atom is -0.348 e. The molecule has 1 fully saturated rings. The summed E-state index contributed by atoms with van der Waals surface area (Å²) < 4.78 is 24.9. The Morgan fingerprint density at radius 2 is 1.76 bits per heavy atom. The van der Waals surface area contributed by atoms with E-state index in [0.717, 1.165) is 26.2 Å². The molecular formula is C22H31N3O3S. The molecule has 0 spiro atoms. The van der Waals surface area contributed by atoms with Crippen molar-refractivity contribution in [3.05, 3.63) is 54.1 Å². The van der Waals surface area contributed by atoms with Crippen molar-refractivity contribution in [2.45, 2.75) is 24.8 Å². The molecule has 0 saturated carbocycles. The second kappa shape index (κ2) is 9.69. The molecule has 1 aromatic rings. The molecule has 7 heteroatoms. The van der Waals surface area contributed by atoms with Crippen LogP contribution >= 0.6 is 0 Å². The lowest BCUT2D eigenvalue weighted by atomic mass is 9.91. The van der Waals surface area contributed by atoms with Crippen LogP contribution in [-0.4, -0.2) is 75.2 Å². The van der Waals surface area contributed by atoms with E-state index in [0.29, 0.717) is 23.9 Å². The van der Waals surface area contributed by atoms with Crippen molar-refractivity contribution >= 4 is 15.7 Å². The second-order valence-corrected chi connectivity index (χ2v) is 10.1. The van der Waals surface area contributed by atoms with Crippen molar-refractivity contribution < 1.29 is 13.2 Å². The summed E-state index contributed by atoms with van der Waals surface area (Å²) in [6, 6.07) is 8.67. The molecule has 29 heavy (non-hydrogen) atoms. The van der Waals surface area contributed by atoms with Crippen LogP contribution < -0.4 is 5.32 Å². The minimum atomic E-state index is -3.25. The van der Waals surface area contributed by atoms with Crippen LogP contribution in [0.4, 0.5) is 0 Å². The van der Waals surface area contributed by atoms with Crippen LogP contribution in [0.3, 0.4) is 0 Å². The van der Waals surface area contributed by atoms with Crippen LogP contribution in [-0.2, 0) is 14.6 Å². The van der Waals surface area contributed by atoms with Crippen LogP contribution in [0, 0.1) is 5.92 Å². The average molecular weight is 418 g/mol. The van der Waals surface area contributed by atoms with Crippen LogP contribution in [0.15, 0.2) is 59.0 Å². The minimum absolute atomic E-state index is 0.0463.